The molecule has 0 unspecified atom stereocenters. The van der Waals surface area contributed by atoms with Gasteiger partial charge < -0.3 is 10.0 Å². The van der Waals surface area contributed by atoms with Gasteiger partial charge in [0.2, 0.25) is 0 Å². The molecule has 0 aliphatic carbocycles. The van der Waals surface area contributed by atoms with Gasteiger partial charge in [-0.05, 0) is 48.0 Å². The molecule has 0 bridgehead atoms. The lowest BCUT2D eigenvalue weighted by Crippen LogP contribution is -2.47. The number of piperazine rings is 1. The highest BCUT2D eigenvalue weighted by molar-refractivity contribution is 9.10. The third kappa shape index (κ3) is 5.04. The smallest absolute Gasteiger partial charge is 0.185 e. The van der Waals surface area contributed by atoms with Gasteiger partial charge in [-0.25, -0.2) is 0 Å². The molecule has 26 heavy (non-hydrogen) atoms. The Balaban J connectivity index is 1.57. The van der Waals surface area contributed by atoms with Crippen molar-refractivity contribution in [3.8, 4) is 0 Å². The number of anilines is 1. The van der Waals surface area contributed by atoms with Gasteiger partial charge in [0.1, 0.15) is 0 Å². The molecule has 2 aromatic carbocycles. The summed E-state index contributed by atoms with van der Waals surface area (Å²) >= 11 is 3.37. The molecule has 5 heteroatoms. The highest BCUT2D eigenvalue weighted by atomic mass is 79.9. The van der Waals surface area contributed by atoms with Crippen LogP contribution in [0.25, 0.3) is 6.08 Å². The van der Waals surface area contributed by atoms with Crippen molar-refractivity contribution in [2.75, 3.05) is 44.2 Å². The lowest BCUT2D eigenvalue weighted by atomic mass is 10.1. The van der Waals surface area contributed by atoms with Gasteiger partial charge in [-0.2, -0.15) is 0 Å². The molecule has 1 saturated heterocycles. The minimum atomic E-state index is 0.00146. The largest absolute Gasteiger partial charge is 0.395 e. The summed E-state index contributed by atoms with van der Waals surface area (Å²) < 4.78 is 0.964. The Morgan fingerprint density at radius 1 is 1.00 bits per heavy atom. The summed E-state index contributed by atoms with van der Waals surface area (Å²) in [6, 6.07) is 15.7. The van der Waals surface area contributed by atoms with Gasteiger partial charge in [-0.1, -0.05) is 34.1 Å². The number of carbonyl (C=O) groups is 1. The number of nitrogens with zero attached hydrogens (tertiary/aromatic N) is 2. The monoisotopic (exact) mass is 414 g/mol. The van der Waals surface area contributed by atoms with Crippen LogP contribution in [-0.4, -0.2) is 55.1 Å². The molecule has 0 radical (unpaired) electrons. The number of ketones is 1. The van der Waals surface area contributed by atoms with Crippen LogP contribution in [0.2, 0.25) is 0 Å². The molecule has 136 valence electrons. The van der Waals surface area contributed by atoms with E-state index in [1.54, 1.807) is 6.08 Å². The highest BCUT2D eigenvalue weighted by Gasteiger charge is 2.16. The molecular weight excluding hydrogens is 392 g/mol. The average Bonchev–Trinajstić information content (AvgIpc) is 2.68. The lowest BCUT2D eigenvalue weighted by molar-refractivity contribution is 0.104. The van der Waals surface area contributed by atoms with E-state index in [0.29, 0.717) is 5.56 Å². The number of halogens is 1. The second kappa shape index (κ2) is 9.12. The van der Waals surface area contributed by atoms with E-state index in [-0.39, 0.29) is 12.4 Å². The molecule has 0 amide bonds. The highest BCUT2D eigenvalue weighted by Crippen LogP contribution is 2.18. The predicted octanol–water partition coefficient (Wildman–Crippen LogP) is 3.46. The normalized spacial score (nSPS) is 15.5. The van der Waals surface area contributed by atoms with Crippen molar-refractivity contribution >= 4 is 33.5 Å². The van der Waals surface area contributed by atoms with Gasteiger partial charge in [0.25, 0.3) is 0 Å². The van der Waals surface area contributed by atoms with Crippen molar-refractivity contribution in [2.24, 2.45) is 0 Å². The Labute approximate surface area is 162 Å². The molecular formula is C21H23BrN2O2. The van der Waals surface area contributed by atoms with E-state index in [4.69, 9.17) is 5.11 Å². The minimum Gasteiger partial charge on any atom is -0.395 e. The average molecular weight is 415 g/mol. The number of hydrogen-bond donors (Lipinski definition) is 1. The third-order valence-corrected chi connectivity index (χ3v) is 5.13. The van der Waals surface area contributed by atoms with Crippen LogP contribution in [0.5, 0.6) is 0 Å². The SMILES string of the molecule is O=C(/C=C/c1ccc(N2CCN(CCO)CC2)cc1)c1ccc(Br)cc1. The predicted molar refractivity (Wildman–Crippen MR) is 110 cm³/mol. The first-order valence-corrected chi connectivity index (χ1v) is 9.61. The molecule has 2 aromatic rings. The summed E-state index contributed by atoms with van der Waals surface area (Å²) in [7, 11) is 0. The van der Waals surface area contributed by atoms with Gasteiger partial charge in [-0.15, -0.1) is 0 Å². The van der Waals surface area contributed by atoms with Crippen LogP contribution in [0, 0.1) is 0 Å². The Hall–Kier alpha value is -1.95. The zero-order chi connectivity index (χ0) is 18.4. The Kier molecular flexibility index (Phi) is 6.61. The van der Waals surface area contributed by atoms with E-state index in [9.17, 15) is 4.79 Å². The van der Waals surface area contributed by atoms with Crippen LogP contribution in [-0.2, 0) is 0 Å². The van der Waals surface area contributed by atoms with Crippen LogP contribution in [0.15, 0.2) is 59.1 Å². The number of aliphatic hydroxyl groups excluding tert-OH is 1. The molecule has 1 N–H and O–H groups in total. The van der Waals surface area contributed by atoms with Crippen molar-refractivity contribution in [1.82, 2.24) is 4.90 Å². The third-order valence-electron chi connectivity index (χ3n) is 4.60. The minimum absolute atomic E-state index is 0.00146. The van der Waals surface area contributed by atoms with Gasteiger partial charge >= 0.3 is 0 Å². The first-order valence-electron chi connectivity index (χ1n) is 8.82. The second-order valence-electron chi connectivity index (χ2n) is 6.35. The van der Waals surface area contributed by atoms with Gasteiger partial charge in [0.05, 0.1) is 6.61 Å². The standard InChI is InChI=1S/C21H23BrN2O2/c22-19-6-4-18(5-7-19)21(26)10-3-17-1-8-20(9-2-17)24-13-11-23(12-14-24)15-16-25/h1-10,25H,11-16H2/b10-3+. The molecule has 0 saturated carbocycles. The molecule has 1 fully saturated rings. The van der Waals surface area contributed by atoms with Gasteiger partial charge in [0.15, 0.2) is 5.78 Å². The molecule has 3 rings (SSSR count). The Morgan fingerprint density at radius 3 is 2.27 bits per heavy atom. The van der Waals surface area contributed by atoms with Crippen LogP contribution >= 0.6 is 15.9 Å². The zero-order valence-electron chi connectivity index (χ0n) is 14.6. The molecule has 0 aromatic heterocycles. The Bertz CT molecular complexity index is 749. The first kappa shape index (κ1) is 18.8. The maximum Gasteiger partial charge on any atom is 0.185 e. The second-order valence-corrected chi connectivity index (χ2v) is 7.26. The summed E-state index contributed by atoms with van der Waals surface area (Å²) in [6.07, 6.45) is 3.47. The number of aliphatic hydroxyl groups is 1. The fourth-order valence-electron chi connectivity index (χ4n) is 3.05. The molecule has 0 atom stereocenters. The van der Waals surface area contributed by atoms with Crippen molar-refractivity contribution in [1.29, 1.82) is 0 Å². The summed E-state index contributed by atoms with van der Waals surface area (Å²) in [6.45, 7) is 4.87. The quantitative estimate of drug-likeness (QED) is 0.580. The number of carbonyl (C=O) groups excluding carboxylic acids is 1. The fourth-order valence-corrected chi connectivity index (χ4v) is 3.31. The number of benzene rings is 2. The number of β-amino-alcohol motifs (C(OH)–C–C–N with tert-alkyl or cyclic N) is 1. The van der Waals surface area contributed by atoms with Gasteiger partial charge in [-0.3, -0.25) is 9.69 Å². The summed E-state index contributed by atoms with van der Waals surface area (Å²) in [4.78, 5) is 16.8. The van der Waals surface area contributed by atoms with Crippen LogP contribution in [0.1, 0.15) is 15.9 Å². The lowest BCUT2D eigenvalue weighted by Gasteiger charge is -2.35. The zero-order valence-corrected chi connectivity index (χ0v) is 16.2. The van der Waals surface area contributed by atoms with E-state index < -0.39 is 0 Å². The molecule has 4 nitrogen and oxygen atoms in total. The van der Waals surface area contributed by atoms with Crippen molar-refractivity contribution in [3.63, 3.8) is 0 Å². The first-order chi connectivity index (χ1) is 12.7. The van der Waals surface area contributed by atoms with Crippen LogP contribution < -0.4 is 4.90 Å². The molecule has 1 aliphatic heterocycles. The van der Waals surface area contributed by atoms with Crippen molar-refractivity contribution < 1.29 is 9.90 Å². The summed E-state index contributed by atoms with van der Waals surface area (Å²) in [5, 5.41) is 9.02. The molecule has 1 aliphatic rings. The van der Waals surface area contributed by atoms with E-state index >= 15 is 0 Å². The van der Waals surface area contributed by atoms with Gasteiger partial charge in [0, 0.05) is 48.4 Å². The Morgan fingerprint density at radius 2 is 1.65 bits per heavy atom. The van der Waals surface area contributed by atoms with Crippen molar-refractivity contribution in [2.45, 2.75) is 0 Å². The number of allylic oxidation sites excluding steroid dienone is 1. The van der Waals surface area contributed by atoms with Crippen LogP contribution in [0.4, 0.5) is 5.69 Å². The number of hydrogen-bond acceptors (Lipinski definition) is 4. The van der Waals surface area contributed by atoms with E-state index in [0.717, 1.165) is 42.8 Å². The molecule has 1 heterocycles. The van der Waals surface area contributed by atoms with Crippen molar-refractivity contribution in [3.05, 3.63) is 70.2 Å². The summed E-state index contributed by atoms with van der Waals surface area (Å²) in [5.41, 5.74) is 2.89. The maximum absolute atomic E-state index is 12.2. The van der Waals surface area contributed by atoms with E-state index in [2.05, 4.69) is 37.9 Å². The van der Waals surface area contributed by atoms with E-state index in [1.165, 1.54) is 5.69 Å². The maximum atomic E-state index is 12.2. The summed E-state index contributed by atoms with van der Waals surface area (Å²) in [5.74, 6) is 0.00146. The molecule has 0 spiro atoms. The number of rotatable bonds is 6. The topological polar surface area (TPSA) is 43.8 Å². The van der Waals surface area contributed by atoms with Crippen LogP contribution in [0.3, 0.4) is 0 Å². The van der Waals surface area contributed by atoms with E-state index in [1.807, 2.05) is 42.5 Å². The fraction of sp³-hybridized carbons (Fsp3) is 0.286.